The molecule has 1 unspecified atom stereocenters. The van der Waals surface area contributed by atoms with Gasteiger partial charge >= 0.3 is 24.8 Å². The van der Waals surface area contributed by atoms with Crippen LogP contribution in [-0.2, 0) is 9.53 Å². The van der Waals surface area contributed by atoms with Crippen LogP contribution in [0.5, 0.6) is 0 Å². The van der Waals surface area contributed by atoms with E-state index in [1.807, 2.05) is 0 Å². The maximum Gasteiger partial charge on any atom is 1.00 e. The van der Waals surface area contributed by atoms with Gasteiger partial charge in [-0.25, -0.2) is 0 Å². The van der Waals surface area contributed by atoms with Crippen molar-refractivity contribution in [3.05, 3.63) is 15.4 Å². The van der Waals surface area contributed by atoms with Gasteiger partial charge in [-0.3, -0.25) is 19.8 Å². The zero-order valence-corrected chi connectivity index (χ0v) is 16.7. The fourth-order valence-electron chi connectivity index (χ4n) is 3.89. The Bertz CT molecular complexity index is 406. The summed E-state index contributed by atoms with van der Waals surface area (Å²) in [7, 11) is 0. The summed E-state index contributed by atoms with van der Waals surface area (Å²) in [6, 6.07) is 1.000. The topological polar surface area (TPSA) is 86.8 Å². The summed E-state index contributed by atoms with van der Waals surface area (Å²) in [5.74, 6) is -0.0247. The average molecular weight is 349 g/mol. The number of esters is 1. The Kier molecular flexibility index (Phi) is 10.9. The number of hydrogen-bond donors (Lipinski definition) is 0. The van der Waals surface area contributed by atoms with Gasteiger partial charge in [0.15, 0.2) is 0 Å². The Balaban J connectivity index is 0.000000620. The van der Waals surface area contributed by atoms with Gasteiger partial charge in [0.05, 0.1) is 6.61 Å². The molecule has 25 heavy (non-hydrogen) atoms. The van der Waals surface area contributed by atoms with Crippen molar-refractivity contribution in [1.29, 1.82) is 0 Å². The molecule has 140 valence electrons. The monoisotopic (exact) mass is 349 g/mol. The third-order valence-electron chi connectivity index (χ3n) is 4.64. The van der Waals surface area contributed by atoms with Crippen LogP contribution in [0.25, 0.3) is 5.32 Å². The van der Waals surface area contributed by atoms with Crippen LogP contribution in [-0.4, -0.2) is 59.7 Å². The molecule has 2 heterocycles. The van der Waals surface area contributed by atoms with Crippen LogP contribution in [0.1, 0.15) is 53.9 Å². The normalized spacial score (nSPS) is 26.8. The molecule has 0 aliphatic carbocycles. The Morgan fingerprint density at radius 1 is 1.28 bits per heavy atom. The number of piperidine rings is 1. The molecule has 0 saturated carbocycles. The summed E-state index contributed by atoms with van der Waals surface area (Å²) in [4.78, 5) is 24.4. The van der Waals surface area contributed by atoms with Crippen LogP contribution < -0.4 is 18.9 Å². The number of hydrogen-bond acceptors (Lipinski definition) is 5. The SMILES string of the molecule is CC(C)[N-]C(C)C.CCOC(=O)C1(CC[N+](=O)[O-])C2CCN1CC2.[Li+]. The van der Waals surface area contributed by atoms with Gasteiger partial charge in [0, 0.05) is 11.3 Å². The van der Waals surface area contributed by atoms with E-state index in [4.69, 9.17) is 4.74 Å². The van der Waals surface area contributed by atoms with E-state index in [-0.39, 0.29) is 48.6 Å². The molecule has 7 nitrogen and oxygen atoms in total. The molecule has 2 fully saturated rings. The first-order chi connectivity index (χ1) is 11.2. The minimum absolute atomic E-state index is 0. The summed E-state index contributed by atoms with van der Waals surface area (Å²) in [5.41, 5.74) is -0.705. The van der Waals surface area contributed by atoms with Crippen molar-refractivity contribution in [2.75, 3.05) is 26.2 Å². The van der Waals surface area contributed by atoms with Crippen LogP contribution >= 0.6 is 0 Å². The molecule has 0 spiro atoms. The molecule has 0 aromatic carbocycles. The number of carbonyl (C=O) groups is 1. The van der Waals surface area contributed by atoms with Gasteiger partial charge in [0.25, 0.3) is 0 Å². The molecule has 0 aromatic rings. The van der Waals surface area contributed by atoms with Gasteiger partial charge in [-0.2, -0.15) is 0 Å². The Labute approximate surface area is 163 Å². The molecule has 0 amide bonds. The number of fused-ring (bicyclic) bond motifs is 2. The van der Waals surface area contributed by atoms with Crippen LogP contribution in [0.4, 0.5) is 0 Å². The maximum atomic E-state index is 12.2. The van der Waals surface area contributed by atoms with Gasteiger partial charge in [0.2, 0.25) is 6.54 Å². The molecule has 0 radical (unpaired) electrons. The molecular formula is C17H32LiN3O4. The fourth-order valence-corrected chi connectivity index (χ4v) is 3.89. The van der Waals surface area contributed by atoms with E-state index >= 15 is 0 Å². The maximum absolute atomic E-state index is 12.2. The van der Waals surface area contributed by atoms with E-state index in [1.165, 1.54) is 0 Å². The molecule has 0 N–H and O–H groups in total. The van der Waals surface area contributed by atoms with E-state index in [1.54, 1.807) is 6.92 Å². The van der Waals surface area contributed by atoms with Crippen molar-refractivity contribution < 1.29 is 33.3 Å². The van der Waals surface area contributed by atoms with E-state index in [0.717, 1.165) is 25.9 Å². The Morgan fingerprint density at radius 2 is 1.80 bits per heavy atom. The van der Waals surface area contributed by atoms with E-state index < -0.39 is 5.54 Å². The summed E-state index contributed by atoms with van der Waals surface area (Å²) >= 11 is 0. The zero-order valence-electron chi connectivity index (χ0n) is 16.7. The predicted molar refractivity (Wildman–Crippen MR) is 93.8 cm³/mol. The molecule has 2 saturated heterocycles. The van der Waals surface area contributed by atoms with Gasteiger partial charge in [-0.15, -0.1) is 12.1 Å². The molecular weight excluding hydrogens is 317 g/mol. The smallest absolute Gasteiger partial charge is 0.658 e. The van der Waals surface area contributed by atoms with Crippen molar-refractivity contribution >= 4 is 5.97 Å². The van der Waals surface area contributed by atoms with Crippen LogP contribution in [0.3, 0.4) is 0 Å². The van der Waals surface area contributed by atoms with Crippen molar-refractivity contribution in [3.63, 3.8) is 0 Å². The summed E-state index contributed by atoms with van der Waals surface area (Å²) in [6.07, 6.45) is 2.19. The molecule has 0 aromatic heterocycles. The first-order valence-electron chi connectivity index (χ1n) is 8.98. The molecule has 2 bridgehead atoms. The molecule has 2 aliphatic rings. The Morgan fingerprint density at radius 3 is 2.08 bits per heavy atom. The van der Waals surface area contributed by atoms with Gasteiger partial charge in [0.1, 0.15) is 5.54 Å². The first kappa shape index (κ1) is 24.4. The summed E-state index contributed by atoms with van der Waals surface area (Å²) in [6.45, 7) is 12.1. The summed E-state index contributed by atoms with van der Waals surface area (Å²) in [5, 5.41) is 14.8. The second-order valence-electron chi connectivity index (χ2n) is 7.05. The van der Waals surface area contributed by atoms with E-state index in [0.29, 0.717) is 18.7 Å². The average Bonchev–Trinajstić information content (AvgIpc) is 3.00. The Hall–Kier alpha value is -0.613. The second kappa shape index (κ2) is 11.2. The first-order valence-corrected chi connectivity index (χ1v) is 8.98. The van der Waals surface area contributed by atoms with Gasteiger partial charge in [-0.05, 0) is 38.8 Å². The summed E-state index contributed by atoms with van der Waals surface area (Å²) < 4.78 is 5.14. The van der Waals surface area contributed by atoms with Gasteiger partial charge < -0.3 is 10.1 Å². The van der Waals surface area contributed by atoms with E-state index in [9.17, 15) is 14.9 Å². The van der Waals surface area contributed by atoms with Crippen LogP contribution in [0, 0.1) is 16.0 Å². The molecule has 2 aliphatic heterocycles. The largest absolute Gasteiger partial charge is 1.00 e. The van der Waals surface area contributed by atoms with Crippen molar-refractivity contribution in [3.8, 4) is 0 Å². The number of nitrogens with zero attached hydrogens (tertiary/aromatic N) is 3. The molecule has 1 atom stereocenters. The van der Waals surface area contributed by atoms with Crippen LogP contribution in [0.15, 0.2) is 0 Å². The number of ether oxygens (including phenoxy) is 1. The zero-order chi connectivity index (χ0) is 18.3. The van der Waals surface area contributed by atoms with Gasteiger partial charge in [-0.1, -0.05) is 27.7 Å². The predicted octanol–water partition coefficient (Wildman–Crippen LogP) is -0.138. The van der Waals surface area contributed by atoms with Crippen molar-refractivity contribution in [2.45, 2.75) is 71.5 Å². The minimum atomic E-state index is -0.705. The standard InChI is InChI=1S/C11H18N2O4.C6H14N.Li/c1-2-17-10(14)11(5-8-13(15)16)9-3-6-12(11)7-4-9;1-5(2)7-6(3)4;/h9H,2-8H2,1H3;5-6H,1-4H3;/q;-1;+1. The number of rotatable bonds is 7. The second-order valence-corrected chi connectivity index (χ2v) is 7.05. The van der Waals surface area contributed by atoms with Crippen LogP contribution in [0.2, 0.25) is 0 Å². The number of nitro groups is 1. The quantitative estimate of drug-likeness (QED) is 0.276. The van der Waals surface area contributed by atoms with Crippen molar-refractivity contribution in [1.82, 2.24) is 4.90 Å². The third kappa shape index (κ3) is 6.56. The minimum Gasteiger partial charge on any atom is -0.658 e. The molecule has 2 rings (SSSR count). The number of carbonyl (C=O) groups excluding carboxylic acids is 1. The third-order valence-corrected chi connectivity index (χ3v) is 4.64. The van der Waals surface area contributed by atoms with Crippen molar-refractivity contribution in [2.24, 2.45) is 5.92 Å². The molecule has 8 heteroatoms. The fraction of sp³-hybridized carbons (Fsp3) is 0.941. The van der Waals surface area contributed by atoms with E-state index in [2.05, 4.69) is 37.9 Å².